The van der Waals surface area contributed by atoms with Gasteiger partial charge in [0.1, 0.15) is 22.0 Å². The van der Waals surface area contributed by atoms with Gasteiger partial charge in [0.05, 0.1) is 15.5 Å². The highest BCUT2D eigenvalue weighted by Gasteiger charge is 2.26. The molecule has 0 bridgehead atoms. The standard InChI is InChI=1S/C19H11Cl2N7O10S2/c20-17-23-18(21)25-19(24-17)22-11-6-9(39(33,34)35)3-7-4-13(40(36,37)38)15(16(30)14(7)11)27-26-10-5-8(28(31)32)1-2-12(10)29/h1-6,29-30H,(H,33,34,35)(H,36,37,38)(H,22,23,24,25). The lowest BCUT2D eigenvalue weighted by Gasteiger charge is -2.15. The number of hydrogen-bond donors (Lipinski definition) is 5. The summed E-state index contributed by atoms with van der Waals surface area (Å²) in [6, 6.07) is 4.94. The fourth-order valence-corrected chi connectivity index (χ4v) is 4.88. The van der Waals surface area contributed by atoms with E-state index in [2.05, 4.69) is 30.5 Å². The second-order valence-corrected chi connectivity index (χ2v) is 11.0. The van der Waals surface area contributed by atoms with Gasteiger partial charge in [0, 0.05) is 17.5 Å². The summed E-state index contributed by atoms with van der Waals surface area (Å²) in [5.41, 5.74) is -2.30. The van der Waals surface area contributed by atoms with Crippen LogP contribution in [0, 0.1) is 10.1 Å². The molecule has 0 atom stereocenters. The van der Waals surface area contributed by atoms with Crippen molar-refractivity contribution in [3.05, 3.63) is 57.1 Å². The fourth-order valence-electron chi connectivity index (χ4n) is 3.31. The molecule has 208 valence electrons. The van der Waals surface area contributed by atoms with Crippen molar-refractivity contribution >= 4 is 82.9 Å². The van der Waals surface area contributed by atoms with Crippen LogP contribution in [0.15, 0.2) is 56.4 Å². The zero-order valence-electron chi connectivity index (χ0n) is 19.0. The summed E-state index contributed by atoms with van der Waals surface area (Å²) in [5, 5.41) is 40.3. The van der Waals surface area contributed by atoms with Gasteiger partial charge in [0.25, 0.3) is 25.9 Å². The van der Waals surface area contributed by atoms with Crippen molar-refractivity contribution < 1.29 is 41.1 Å². The molecule has 4 rings (SSSR count). The van der Waals surface area contributed by atoms with Crippen LogP contribution in [0.3, 0.4) is 0 Å². The monoisotopic (exact) mass is 631 g/mol. The van der Waals surface area contributed by atoms with Crippen LogP contribution in [0.25, 0.3) is 10.8 Å². The molecule has 0 radical (unpaired) electrons. The topological polar surface area (TPSA) is 268 Å². The Hall–Kier alpha value is -4.27. The van der Waals surface area contributed by atoms with E-state index in [9.17, 15) is 46.3 Å². The van der Waals surface area contributed by atoms with Crippen molar-refractivity contribution in [2.24, 2.45) is 10.2 Å². The van der Waals surface area contributed by atoms with Gasteiger partial charge in [0.2, 0.25) is 16.5 Å². The maximum atomic E-state index is 12.2. The third-order valence-electron chi connectivity index (χ3n) is 4.95. The Morgan fingerprint density at radius 2 is 1.55 bits per heavy atom. The number of phenols is 2. The number of aromatic hydroxyl groups is 2. The highest BCUT2D eigenvalue weighted by atomic mass is 35.5. The number of halogens is 2. The fraction of sp³-hybridized carbons (Fsp3) is 0. The Morgan fingerprint density at radius 1 is 0.900 bits per heavy atom. The maximum Gasteiger partial charge on any atom is 0.296 e. The van der Waals surface area contributed by atoms with Gasteiger partial charge >= 0.3 is 0 Å². The van der Waals surface area contributed by atoms with Crippen molar-refractivity contribution in [3.63, 3.8) is 0 Å². The van der Waals surface area contributed by atoms with E-state index in [4.69, 9.17) is 23.2 Å². The zero-order valence-corrected chi connectivity index (χ0v) is 22.1. The molecule has 0 saturated heterocycles. The van der Waals surface area contributed by atoms with E-state index in [1.165, 1.54) is 0 Å². The van der Waals surface area contributed by atoms with Crippen LogP contribution in [0.1, 0.15) is 0 Å². The van der Waals surface area contributed by atoms with Gasteiger partial charge in [-0.3, -0.25) is 19.2 Å². The lowest BCUT2D eigenvalue weighted by molar-refractivity contribution is -0.384. The second kappa shape index (κ2) is 10.4. The maximum absolute atomic E-state index is 12.2. The molecule has 0 unspecified atom stereocenters. The Labute approximate surface area is 232 Å². The first-order valence-electron chi connectivity index (χ1n) is 10.1. The van der Waals surface area contributed by atoms with E-state index in [0.29, 0.717) is 6.07 Å². The number of nitrogens with one attached hydrogen (secondary N) is 1. The molecule has 0 aliphatic rings. The van der Waals surface area contributed by atoms with Gasteiger partial charge in [-0.2, -0.15) is 31.8 Å². The molecule has 40 heavy (non-hydrogen) atoms. The smallest absolute Gasteiger partial charge is 0.296 e. The molecule has 0 spiro atoms. The van der Waals surface area contributed by atoms with Crippen molar-refractivity contribution in [2.75, 3.05) is 5.32 Å². The average Bonchev–Trinajstić information content (AvgIpc) is 2.82. The minimum atomic E-state index is -5.20. The normalized spacial score (nSPS) is 12.2. The van der Waals surface area contributed by atoms with E-state index >= 15 is 0 Å². The number of azo groups is 1. The Morgan fingerprint density at radius 3 is 2.12 bits per heavy atom. The summed E-state index contributed by atoms with van der Waals surface area (Å²) < 4.78 is 67.5. The van der Waals surface area contributed by atoms with E-state index in [1.54, 1.807) is 0 Å². The molecular weight excluding hydrogens is 621 g/mol. The number of phenolic OH excluding ortho intramolecular Hbond substituents is 2. The highest BCUT2D eigenvalue weighted by Crippen LogP contribution is 2.46. The van der Waals surface area contributed by atoms with Crippen LogP contribution in [0.5, 0.6) is 11.5 Å². The van der Waals surface area contributed by atoms with Gasteiger partial charge in [0.15, 0.2) is 5.75 Å². The van der Waals surface area contributed by atoms with Crippen molar-refractivity contribution in [1.29, 1.82) is 0 Å². The van der Waals surface area contributed by atoms with E-state index < -0.39 is 63.5 Å². The number of nitro benzene ring substituents is 1. The lowest BCUT2D eigenvalue weighted by atomic mass is 10.1. The predicted octanol–water partition coefficient (Wildman–Crippen LogP) is 4.30. The van der Waals surface area contributed by atoms with Crippen LogP contribution >= 0.6 is 23.2 Å². The molecule has 3 aromatic carbocycles. The molecule has 0 aliphatic carbocycles. The number of hydrogen-bond acceptors (Lipinski definition) is 14. The van der Waals surface area contributed by atoms with Gasteiger partial charge in [-0.25, -0.2) is 0 Å². The third-order valence-corrected chi connectivity index (χ3v) is 6.99. The van der Waals surface area contributed by atoms with Gasteiger partial charge in [-0.05, 0) is 52.9 Å². The van der Waals surface area contributed by atoms with Crippen LogP contribution < -0.4 is 5.32 Å². The SMILES string of the molecule is O=[N+]([O-])c1ccc(O)c(N=Nc2c(S(=O)(=O)O)cc3cc(S(=O)(=O)O)cc(Nc4nc(Cl)nc(Cl)n4)c3c2O)c1. The number of nitro groups is 1. The molecular formula is C19H11Cl2N7O10S2. The number of nitrogens with zero attached hydrogens (tertiary/aromatic N) is 6. The van der Waals surface area contributed by atoms with Gasteiger partial charge in [-0.1, -0.05) is 0 Å². The summed E-state index contributed by atoms with van der Waals surface area (Å²) in [5.74, 6) is -2.00. The summed E-state index contributed by atoms with van der Waals surface area (Å²) in [7, 11) is -10.1. The highest BCUT2D eigenvalue weighted by molar-refractivity contribution is 7.86. The minimum absolute atomic E-state index is 0.357. The molecule has 0 saturated carbocycles. The van der Waals surface area contributed by atoms with Crippen molar-refractivity contribution in [3.8, 4) is 11.5 Å². The molecule has 1 aromatic heterocycles. The molecule has 0 fully saturated rings. The number of aromatic nitrogens is 3. The van der Waals surface area contributed by atoms with E-state index in [1.807, 2.05) is 0 Å². The lowest BCUT2D eigenvalue weighted by Crippen LogP contribution is -2.05. The molecule has 5 N–H and O–H groups in total. The molecule has 0 amide bonds. The third kappa shape index (κ3) is 5.98. The first-order chi connectivity index (χ1) is 18.5. The molecule has 17 nitrogen and oxygen atoms in total. The predicted molar refractivity (Wildman–Crippen MR) is 137 cm³/mol. The van der Waals surface area contributed by atoms with E-state index in [0.717, 1.165) is 30.3 Å². The van der Waals surface area contributed by atoms with Crippen LogP contribution in [-0.4, -0.2) is 56.0 Å². The van der Waals surface area contributed by atoms with E-state index in [-0.39, 0.29) is 33.0 Å². The summed E-state index contributed by atoms with van der Waals surface area (Å²) >= 11 is 11.5. The summed E-state index contributed by atoms with van der Waals surface area (Å²) in [4.78, 5) is 19.4. The summed E-state index contributed by atoms with van der Waals surface area (Å²) in [6.07, 6.45) is 0. The number of anilines is 2. The summed E-state index contributed by atoms with van der Waals surface area (Å²) in [6.45, 7) is 0. The van der Waals surface area contributed by atoms with Gasteiger partial charge < -0.3 is 15.5 Å². The van der Waals surface area contributed by atoms with Crippen LogP contribution in [0.2, 0.25) is 10.6 Å². The Balaban J connectivity index is 2.04. The number of fused-ring (bicyclic) bond motifs is 1. The Bertz CT molecular complexity index is 1950. The minimum Gasteiger partial charge on any atom is -0.506 e. The molecule has 4 aromatic rings. The molecule has 0 aliphatic heterocycles. The average molecular weight is 632 g/mol. The first-order valence-corrected chi connectivity index (χ1v) is 13.7. The van der Waals surface area contributed by atoms with Crippen molar-refractivity contribution in [2.45, 2.75) is 9.79 Å². The van der Waals surface area contributed by atoms with Crippen LogP contribution in [-0.2, 0) is 20.2 Å². The largest absolute Gasteiger partial charge is 0.506 e. The van der Waals surface area contributed by atoms with Crippen molar-refractivity contribution in [1.82, 2.24) is 15.0 Å². The first kappa shape index (κ1) is 28.7. The molecule has 1 heterocycles. The van der Waals surface area contributed by atoms with Crippen LogP contribution in [0.4, 0.5) is 28.7 Å². The Kier molecular flexibility index (Phi) is 7.45. The second-order valence-electron chi connectivity index (χ2n) is 7.54. The number of benzene rings is 3. The number of non-ortho nitro benzene ring substituents is 1. The number of rotatable bonds is 7. The molecule has 21 heteroatoms. The quantitative estimate of drug-likeness (QED) is 0.0823. The van der Waals surface area contributed by atoms with Gasteiger partial charge in [-0.15, -0.1) is 10.2 Å². The zero-order chi connectivity index (χ0) is 29.6.